The predicted octanol–water partition coefficient (Wildman–Crippen LogP) is 4.48. The van der Waals surface area contributed by atoms with Gasteiger partial charge in [0.15, 0.2) is 0 Å². The lowest BCUT2D eigenvalue weighted by Gasteiger charge is -2.62. The molecule has 28 heavy (non-hydrogen) atoms. The van der Waals surface area contributed by atoms with E-state index in [4.69, 9.17) is 5.11 Å². The second-order valence-corrected chi connectivity index (χ2v) is 11.4. The van der Waals surface area contributed by atoms with Crippen LogP contribution < -0.4 is 0 Å². The van der Waals surface area contributed by atoms with Gasteiger partial charge in [-0.2, -0.15) is 0 Å². The normalized spacial score (nSPS) is 51.7. The Hall–Kier alpha value is -0.610. The average Bonchev–Trinajstić information content (AvgIpc) is 2.98. The summed E-state index contributed by atoms with van der Waals surface area (Å²) in [5, 5.41) is 30.5. The van der Waals surface area contributed by atoms with Gasteiger partial charge in [0.25, 0.3) is 0 Å². The van der Waals surface area contributed by atoms with Gasteiger partial charge in [-0.15, -0.1) is 0 Å². The van der Waals surface area contributed by atoms with Gasteiger partial charge in [0.1, 0.15) is 0 Å². The van der Waals surface area contributed by atoms with Crippen molar-refractivity contribution in [1.82, 2.24) is 0 Å². The van der Waals surface area contributed by atoms with E-state index in [1.54, 1.807) is 0 Å². The van der Waals surface area contributed by atoms with Gasteiger partial charge in [0.05, 0.1) is 12.2 Å². The Labute approximate surface area is 170 Å². The summed E-state index contributed by atoms with van der Waals surface area (Å²) < 4.78 is 0. The summed E-state index contributed by atoms with van der Waals surface area (Å²) in [6, 6.07) is 0. The van der Waals surface area contributed by atoms with Gasteiger partial charge in [-0.05, 0) is 104 Å². The molecule has 4 saturated carbocycles. The largest absolute Gasteiger partial charge is 0.481 e. The molecule has 0 aromatic carbocycles. The molecular formula is C24H40O4. The van der Waals surface area contributed by atoms with Crippen molar-refractivity contribution in [3.63, 3.8) is 0 Å². The van der Waals surface area contributed by atoms with Crippen LogP contribution in [-0.2, 0) is 4.79 Å². The first-order chi connectivity index (χ1) is 13.2. The fourth-order valence-electron chi connectivity index (χ4n) is 8.73. The Balaban J connectivity index is 1.55. The van der Waals surface area contributed by atoms with Crippen LogP contribution in [0.25, 0.3) is 0 Å². The zero-order chi connectivity index (χ0) is 20.3. The van der Waals surface area contributed by atoms with Crippen LogP contribution in [0.3, 0.4) is 0 Å². The summed E-state index contributed by atoms with van der Waals surface area (Å²) in [5.74, 6) is 2.36. The molecule has 3 N–H and O–H groups in total. The molecule has 0 bridgehead atoms. The van der Waals surface area contributed by atoms with Gasteiger partial charge in [0, 0.05) is 6.42 Å². The van der Waals surface area contributed by atoms with Crippen molar-refractivity contribution in [3.05, 3.63) is 0 Å². The third kappa shape index (κ3) is 3.14. The molecule has 0 aromatic heterocycles. The van der Waals surface area contributed by atoms with E-state index < -0.39 is 5.97 Å². The summed E-state index contributed by atoms with van der Waals surface area (Å²) in [4.78, 5) is 11.1. The number of carbonyl (C=O) groups is 1. The van der Waals surface area contributed by atoms with Crippen LogP contribution in [0.2, 0.25) is 0 Å². The summed E-state index contributed by atoms with van der Waals surface area (Å²) in [6.07, 6.45) is 9.19. The standard InChI is InChI=1S/C24H40O4/c1-14(4-7-21(27)28)17-5-6-18-22-19(9-11-24(17,18)3)23(2)10-8-16(25)12-15(23)13-20(22)26/h14-20,22,25-26H,4-13H2,1-3H3,(H,27,28)/t14?,15-,16?,17?,18?,19?,20+,22?,23-,24+/m0/s1. The van der Waals surface area contributed by atoms with Gasteiger partial charge in [-0.25, -0.2) is 0 Å². The van der Waals surface area contributed by atoms with Crippen LogP contribution in [0.15, 0.2) is 0 Å². The number of carboxylic acid groups (broad SMARTS) is 1. The van der Waals surface area contributed by atoms with Crippen molar-refractivity contribution in [3.8, 4) is 0 Å². The van der Waals surface area contributed by atoms with Crippen molar-refractivity contribution in [1.29, 1.82) is 0 Å². The highest BCUT2D eigenvalue weighted by molar-refractivity contribution is 5.66. The monoisotopic (exact) mass is 392 g/mol. The lowest BCUT2D eigenvalue weighted by atomic mass is 9.43. The minimum absolute atomic E-state index is 0.179. The number of aliphatic carboxylic acids is 1. The quantitative estimate of drug-likeness (QED) is 0.659. The second kappa shape index (κ2) is 7.27. The minimum Gasteiger partial charge on any atom is -0.481 e. The summed E-state index contributed by atoms with van der Waals surface area (Å²) >= 11 is 0. The van der Waals surface area contributed by atoms with E-state index in [-0.39, 0.29) is 29.5 Å². The van der Waals surface area contributed by atoms with Crippen LogP contribution in [0.5, 0.6) is 0 Å². The molecule has 0 radical (unpaired) electrons. The molecule has 160 valence electrons. The zero-order valence-corrected chi connectivity index (χ0v) is 17.9. The first-order valence-corrected chi connectivity index (χ1v) is 11.7. The molecule has 4 aliphatic rings. The molecule has 6 unspecified atom stereocenters. The summed E-state index contributed by atoms with van der Waals surface area (Å²) in [6.45, 7) is 7.16. The second-order valence-electron chi connectivity index (χ2n) is 11.4. The van der Waals surface area contributed by atoms with Gasteiger partial charge in [-0.1, -0.05) is 20.8 Å². The molecule has 4 heteroatoms. The Morgan fingerprint density at radius 1 is 1.00 bits per heavy atom. The molecular weight excluding hydrogens is 352 g/mol. The number of hydrogen-bond donors (Lipinski definition) is 3. The number of aliphatic hydroxyl groups excluding tert-OH is 2. The molecule has 4 fully saturated rings. The Morgan fingerprint density at radius 3 is 2.39 bits per heavy atom. The number of aliphatic hydroxyl groups is 2. The predicted molar refractivity (Wildman–Crippen MR) is 109 cm³/mol. The Kier molecular flexibility index (Phi) is 5.36. The molecule has 0 aliphatic heterocycles. The number of carboxylic acids is 1. The molecule has 0 saturated heterocycles. The highest BCUT2D eigenvalue weighted by Gasteiger charge is 2.62. The van der Waals surface area contributed by atoms with Crippen LogP contribution in [0, 0.1) is 46.3 Å². The molecule has 4 rings (SSSR count). The summed E-state index contributed by atoms with van der Waals surface area (Å²) in [7, 11) is 0. The molecule has 0 aromatic rings. The van der Waals surface area contributed by atoms with Gasteiger partial charge in [-0.3, -0.25) is 4.79 Å². The van der Waals surface area contributed by atoms with Crippen LogP contribution in [-0.4, -0.2) is 33.5 Å². The fraction of sp³-hybridized carbons (Fsp3) is 0.958. The molecule has 0 spiro atoms. The van der Waals surface area contributed by atoms with Crippen LogP contribution in [0.4, 0.5) is 0 Å². The SMILES string of the molecule is CC(CCC(=O)O)C1CCC2C3C(CC[C@]12C)[C@@]1(C)CCC(O)C[C@H]1C[C@H]3O. The van der Waals surface area contributed by atoms with Crippen molar-refractivity contribution in [2.24, 2.45) is 46.3 Å². The number of fused-ring (bicyclic) bond motifs is 5. The van der Waals surface area contributed by atoms with E-state index in [1.165, 1.54) is 25.7 Å². The van der Waals surface area contributed by atoms with E-state index in [2.05, 4.69) is 20.8 Å². The van der Waals surface area contributed by atoms with Crippen molar-refractivity contribution < 1.29 is 20.1 Å². The Bertz CT molecular complexity index is 605. The van der Waals surface area contributed by atoms with E-state index >= 15 is 0 Å². The summed E-state index contributed by atoms with van der Waals surface area (Å²) in [5.41, 5.74) is 0.523. The maximum absolute atomic E-state index is 11.2. The van der Waals surface area contributed by atoms with Crippen molar-refractivity contribution >= 4 is 5.97 Å². The molecule has 4 nitrogen and oxygen atoms in total. The van der Waals surface area contributed by atoms with E-state index in [9.17, 15) is 15.0 Å². The van der Waals surface area contributed by atoms with Crippen LogP contribution >= 0.6 is 0 Å². The third-order valence-electron chi connectivity index (χ3n) is 10.2. The van der Waals surface area contributed by atoms with E-state index in [1.807, 2.05) is 0 Å². The number of rotatable bonds is 4. The first kappa shape index (κ1) is 20.7. The highest BCUT2D eigenvalue weighted by atomic mass is 16.4. The van der Waals surface area contributed by atoms with E-state index in [0.717, 1.165) is 32.1 Å². The lowest BCUT2D eigenvalue weighted by Crippen LogP contribution is -2.58. The smallest absolute Gasteiger partial charge is 0.303 e. The van der Waals surface area contributed by atoms with Crippen molar-refractivity contribution in [2.45, 2.75) is 97.2 Å². The van der Waals surface area contributed by atoms with Crippen molar-refractivity contribution in [2.75, 3.05) is 0 Å². The highest BCUT2D eigenvalue weighted by Crippen LogP contribution is 2.68. The molecule has 10 atom stereocenters. The van der Waals surface area contributed by atoms with E-state index in [0.29, 0.717) is 35.5 Å². The maximum Gasteiger partial charge on any atom is 0.303 e. The average molecular weight is 393 g/mol. The topological polar surface area (TPSA) is 77.8 Å². The van der Waals surface area contributed by atoms with Crippen LogP contribution in [0.1, 0.15) is 85.0 Å². The Morgan fingerprint density at radius 2 is 1.68 bits per heavy atom. The van der Waals surface area contributed by atoms with Gasteiger partial charge >= 0.3 is 5.97 Å². The fourth-order valence-corrected chi connectivity index (χ4v) is 8.73. The minimum atomic E-state index is -0.684. The van der Waals surface area contributed by atoms with Gasteiger partial charge in [0.2, 0.25) is 0 Å². The molecule has 4 aliphatic carbocycles. The zero-order valence-electron chi connectivity index (χ0n) is 17.9. The number of hydrogen-bond acceptors (Lipinski definition) is 3. The molecule has 0 amide bonds. The molecule has 0 heterocycles. The van der Waals surface area contributed by atoms with Gasteiger partial charge < -0.3 is 15.3 Å². The third-order valence-corrected chi connectivity index (χ3v) is 10.2. The first-order valence-electron chi connectivity index (χ1n) is 11.7. The lowest BCUT2D eigenvalue weighted by molar-refractivity contribution is -0.174. The maximum atomic E-state index is 11.2.